The SMILES string of the molecule is CCCNC1CCCCC1Cc1cc(Cl)ccc1Cl. The highest BCUT2D eigenvalue weighted by Gasteiger charge is 2.25. The minimum atomic E-state index is 0.642. The van der Waals surface area contributed by atoms with E-state index >= 15 is 0 Å². The highest BCUT2D eigenvalue weighted by molar-refractivity contribution is 6.33. The molecule has 2 rings (SSSR count). The van der Waals surface area contributed by atoms with E-state index in [1.54, 1.807) is 0 Å². The van der Waals surface area contributed by atoms with Crippen molar-refractivity contribution in [2.45, 2.75) is 51.5 Å². The monoisotopic (exact) mass is 299 g/mol. The number of hydrogen-bond donors (Lipinski definition) is 1. The predicted octanol–water partition coefficient (Wildman–Crippen LogP) is 5.09. The van der Waals surface area contributed by atoms with Gasteiger partial charge in [0, 0.05) is 16.1 Å². The van der Waals surface area contributed by atoms with Crippen LogP contribution in [-0.4, -0.2) is 12.6 Å². The molecule has 1 aliphatic carbocycles. The van der Waals surface area contributed by atoms with Crippen LogP contribution in [0.15, 0.2) is 18.2 Å². The van der Waals surface area contributed by atoms with Crippen LogP contribution in [0.4, 0.5) is 0 Å². The Labute approximate surface area is 126 Å². The smallest absolute Gasteiger partial charge is 0.0439 e. The number of benzene rings is 1. The standard InChI is InChI=1S/C16H23Cl2N/c1-2-9-19-16-6-4-3-5-12(16)10-13-11-14(17)7-8-15(13)18/h7-8,11-12,16,19H,2-6,9-10H2,1H3. The van der Waals surface area contributed by atoms with E-state index in [-0.39, 0.29) is 0 Å². The number of hydrogen-bond acceptors (Lipinski definition) is 1. The van der Waals surface area contributed by atoms with E-state index in [9.17, 15) is 0 Å². The molecule has 0 bridgehead atoms. The van der Waals surface area contributed by atoms with Crippen molar-refractivity contribution in [3.63, 3.8) is 0 Å². The minimum absolute atomic E-state index is 0.642. The van der Waals surface area contributed by atoms with Gasteiger partial charge in [0.25, 0.3) is 0 Å². The first-order valence-corrected chi connectivity index (χ1v) is 8.13. The van der Waals surface area contributed by atoms with Crippen LogP contribution in [0.2, 0.25) is 10.0 Å². The fraction of sp³-hybridized carbons (Fsp3) is 0.625. The predicted molar refractivity (Wildman–Crippen MR) is 84.2 cm³/mol. The van der Waals surface area contributed by atoms with Gasteiger partial charge >= 0.3 is 0 Å². The summed E-state index contributed by atoms with van der Waals surface area (Å²) >= 11 is 12.4. The number of nitrogens with one attached hydrogen (secondary N) is 1. The highest BCUT2D eigenvalue weighted by Crippen LogP contribution is 2.31. The van der Waals surface area contributed by atoms with Crippen LogP contribution in [0.3, 0.4) is 0 Å². The Bertz CT molecular complexity index is 406. The van der Waals surface area contributed by atoms with Gasteiger partial charge in [-0.15, -0.1) is 0 Å². The molecule has 19 heavy (non-hydrogen) atoms. The fourth-order valence-corrected chi connectivity index (χ4v) is 3.42. The first-order chi connectivity index (χ1) is 9.20. The van der Waals surface area contributed by atoms with Crippen molar-refractivity contribution in [1.29, 1.82) is 0 Å². The Kier molecular flexibility index (Phi) is 6.00. The van der Waals surface area contributed by atoms with Crippen LogP contribution in [0.1, 0.15) is 44.6 Å². The van der Waals surface area contributed by atoms with Crippen molar-refractivity contribution < 1.29 is 0 Å². The third-order valence-corrected chi connectivity index (χ3v) is 4.66. The van der Waals surface area contributed by atoms with Crippen molar-refractivity contribution in [3.8, 4) is 0 Å². The molecule has 1 N–H and O–H groups in total. The molecule has 1 aromatic rings. The van der Waals surface area contributed by atoms with Gasteiger partial charge in [0.2, 0.25) is 0 Å². The Balaban J connectivity index is 2.04. The summed E-state index contributed by atoms with van der Waals surface area (Å²) in [6.07, 6.45) is 7.52. The molecule has 1 saturated carbocycles. The van der Waals surface area contributed by atoms with Gasteiger partial charge in [-0.05, 0) is 61.9 Å². The zero-order chi connectivity index (χ0) is 13.7. The summed E-state index contributed by atoms with van der Waals surface area (Å²) in [5.74, 6) is 0.691. The van der Waals surface area contributed by atoms with Gasteiger partial charge in [-0.2, -0.15) is 0 Å². The average molecular weight is 300 g/mol. The lowest BCUT2D eigenvalue weighted by atomic mass is 9.80. The lowest BCUT2D eigenvalue weighted by molar-refractivity contribution is 0.261. The quantitative estimate of drug-likeness (QED) is 0.798. The lowest BCUT2D eigenvalue weighted by Crippen LogP contribution is -2.39. The first kappa shape index (κ1) is 15.2. The maximum Gasteiger partial charge on any atom is 0.0439 e. The van der Waals surface area contributed by atoms with Crippen molar-refractivity contribution in [2.24, 2.45) is 5.92 Å². The van der Waals surface area contributed by atoms with E-state index in [0.717, 1.165) is 23.0 Å². The first-order valence-electron chi connectivity index (χ1n) is 7.38. The molecule has 0 amide bonds. The van der Waals surface area contributed by atoms with Crippen LogP contribution >= 0.6 is 23.2 Å². The minimum Gasteiger partial charge on any atom is -0.314 e. The molecule has 3 heteroatoms. The Morgan fingerprint density at radius 2 is 2.00 bits per heavy atom. The summed E-state index contributed by atoms with van der Waals surface area (Å²) in [5, 5.41) is 5.34. The number of halogens is 2. The molecule has 1 aromatic carbocycles. The molecule has 1 nitrogen and oxygen atoms in total. The van der Waals surface area contributed by atoms with Crippen molar-refractivity contribution in [2.75, 3.05) is 6.54 Å². The average Bonchev–Trinajstić information content (AvgIpc) is 2.42. The van der Waals surface area contributed by atoms with Crippen LogP contribution in [0.25, 0.3) is 0 Å². The molecule has 0 radical (unpaired) electrons. The van der Waals surface area contributed by atoms with Gasteiger partial charge in [-0.25, -0.2) is 0 Å². The summed E-state index contributed by atoms with van der Waals surface area (Å²) in [6.45, 7) is 3.34. The van der Waals surface area contributed by atoms with Gasteiger partial charge in [0.05, 0.1) is 0 Å². The second kappa shape index (κ2) is 7.52. The second-order valence-corrected chi connectivity index (χ2v) is 6.39. The summed E-state index contributed by atoms with van der Waals surface area (Å²) in [4.78, 5) is 0. The van der Waals surface area contributed by atoms with Crippen LogP contribution in [-0.2, 0) is 6.42 Å². The second-order valence-electron chi connectivity index (χ2n) is 5.55. The zero-order valence-electron chi connectivity index (χ0n) is 11.6. The third kappa shape index (κ3) is 4.37. The molecule has 0 aromatic heterocycles. The van der Waals surface area contributed by atoms with E-state index in [4.69, 9.17) is 23.2 Å². The highest BCUT2D eigenvalue weighted by atomic mass is 35.5. The van der Waals surface area contributed by atoms with Crippen LogP contribution in [0, 0.1) is 5.92 Å². The Morgan fingerprint density at radius 1 is 1.21 bits per heavy atom. The normalized spacial score (nSPS) is 23.5. The van der Waals surface area contributed by atoms with E-state index in [0.29, 0.717) is 12.0 Å². The maximum absolute atomic E-state index is 6.29. The molecular formula is C16H23Cl2N. The summed E-state index contributed by atoms with van der Waals surface area (Å²) < 4.78 is 0. The summed E-state index contributed by atoms with van der Waals surface area (Å²) in [5.41, 5.74) is 1.20. The van der Waals surface area contributed by atoms with Crippen molar-refractivity contribution >= 4 is 23.2 Å². The maximum atomic E-state index is 6.29. The van der Waals surface area contributed by atoms with Gasteiger partial charge in [-0.1, -0.05) is 43.0 Å². The molecule has 106 valence electrons. The summed E-state index contributed by atoms with van der Waals surface area (Å²) in [7, 11) is 0. The van der Waals surface area contributed by atoms with Crippen molar-refractivity contribution in [3.05, 3.63) is 33.8 Å². The molecule has 2 unspecified atom stereocenters. The third-order valence-electron chi connectivity index (χ3n) is 4.06. The van der Waals surface area contributed by atoms with Gasteiger partial charge < -0.3 is 5.32 Å². The van der Waals surface area contributed by atoms with Gasteiger partial charge in [0.15, 0.2) is 0 Å². The molecule has 0 spiro atoms. The van der Waals surface area contributed by atoms with E-state index < -0.39 is 0 Å². The summed E-state index contributed by atoms with van der Waals surface area (Å²) in [6, 6.07) is 6.44. The van der Waals surface area contributed by atoms with Gasteiger partial charge in [0.1, 0.15) is 0 Å². The largest absolute Gasteiger partial charge is 0.314 e. The molecule has 1 aliphatic rings. The lowest BCUT2D eigenvalue weighted by Gasteiger charge is -2.32. The van der Waals surface area contributed by atoms with Gasteiger partial charge in [-0.3, -0.25) is 0 Å². The molecule has 0 saturated heterocycles. The number of rotatable bonds is 5. The Morgan fingerprint density at radius 3 is 2.79 bits per heavy atom. The molecule has 1 fully saturated rings. The fourth-order valence-electron chi connectivity index (χ4n) is 3.03. The van der Waals surface area contributed by atoms with Crippen LogP contribution in [0.5, 0.6) is 0 Å². The molecule has 0 heterocycles. The molecule has 2 atom stereocenters. The van der Waals surface area contributed by atoms with Crippen LogP contribution < -0.4 is 5.32 Å². The van der Waals surface area contributed by atoms with Crippen molar-refractivity contribution in [1.82, 2.24) is 5.32 Å². The van der Waals surface area contributed by atoms with E-state index in [1.807, 2.05) is 18.2 Å². The van der Waals surface area contributed by atoms with E-state index in [1.165, 1.54) is 37.7 Å². The topological polar surface area (TPSA) is 12.0 Å². The van der Waals surface area contributed by atoms with E-state index in [2.05, 4.69) is 12.2 Å². The molecular weight excluding hydrogens is 277 g/mol. The zero-order valence-corrected chi connectivity index (χ0v) is 13.1. The molecule has 0 aliphatic heterocycles. The Hall–Kier alpha value is -0.240.